The number of nitrogens with zero attached hydrogens (tertiary/aromatic N) is 1. The van der Waals surface area contributed by atoms with Gasteiger partial charge in [-0.1, -0.05) is 17.7 Å². The molecule has 0 radical (unpaired) electrons. The average Bonchev–Trinajstić information content (AvgIpc) is 2.74. The number of thiazole rings is 1. The molecule has 5 heteroatoms. The van der Waals surface area contributed by atoms with Crippen LogP contribution in [-0.2, 0) is 13.1 Å². The van der Waals surface area contributed by atoms with Gasteiger partial charge in [-0.05, 0) is 12.1 Å². The van der Waals surface area contributed by atoms with Gasteiger partial charge in [-0.15, -0.1) is 11.3 Å². The zero-order chi connectivity index (χ0) is 11.4. The molecule has 2 rings (SSSR count). The van der Waals surface area contributed by atoms with Crippen LogP contribution in [0.5, 0.6) is 0 Å². The normalized spacial score (nSPS) is 10.6. The van der Waals surface area contributed by atoms with Crippen molar-refractivity contribution in [2.75, 3.05) is 0 Å². The maximum atomic E-state index is 13.4. The molecule has 0 spiro atoms. The van der Waals surface area contributed by atoms with E-state index in [4.69, 9.17) is 11.6 Å². The van der Waals surface area contributed by atoms with Gasteiger partial charge in [-0.3, -0.25) is 0 Å². The Labute approximate surface area is 102 Å². The highest BCUT2D eigenvalue weighted by atomic mass is 35.5. The maximum Gasteiger partial charge on any atom is 0.129 e. The summed E-state index contributed by atoms with van der Waals surface area (Å²) in [6.07, 6.45) is 0. The van der Waals surface area contributed by atoms with Crippen molar-refractivity contribution in [2.45, 2.75) is 13.1 Å². The lowest BCUT2D eigenvalue weighted by molar-refractivity contribution is 0.586. The lowest BCUT2D eigenvalue weighted by Crippen LogP contribution is -2.13. The molecule has 84 valence electrons. The van der Waals surface area contributed by atoms with Crippen molar-refractivity contribution in [2.24, 2.45) is 0 Å². The molecule has 2 nitrogen and oxygen atoms in total. The number of benzene rings is 1. The molecule has 0 unspecified atom stereocenters. The first-order valence-corrected chi connectivity index (χ1v) is 6.09. The topological polar surface area (TPSA) is 24.9 Å². The Bertz CT molecular complexity index is 459. The molecule has 1 aromatic heterocycles. The van der Waals surface area contributed by atoms with E-state index in [2.05, 4.69) is 10.3 Å². The van der Waals surface area contributed by atoms with Crippen molar-refractivity contribution < 1.29 is 4.39 Å². The molecule has 0 atom stereocenters. The minimum Gasteiger partial charge on any atom is -0.307 e. The molecule has 0 fully saturated rings. The summed E-state index contributed by atoms with van der Waals surface area (Å²) < 4.78 is 13.4. The molecule has 0 aliphatic rings. The van der Waals surface area contributed by atoms with Gasteiger partial charge in [-0.2, -0.15) is 0 Å². The summed E-state index contributed by atoms with van der Waals surface area (Å²) in [5, 5.41) is 5.51. The van der Waals surface area contributed by atoms with Gasteiger partial charge >= 0.3 is 0 Å². The van der Waals surface area contributed by atoms with E-state index in [0.29, 0.717) is 23.7 Å². The quantitative estimate of drug-likeness (QED) is 0.909. The van der Waals surface area contributed by atoms with E-state index in [1.165, 1.54) is 6.07 Å². The third-order valence-electron chi connectivity index (χ3n) is 2.12. The van der Waals surface area contributed by atoms with Crippen molar-refractivity contribution in [1.29, 1.82) is 0 Å². The Kier molecular flexibility index (Phi) is 3.88. The van der Waals surface area contributed by atoms with Crippen LogP contribution in [0.4, 0.5) is 4.39 Å². The van der Waals surface area contributed by atoms with E-state index in [0.717, 1.165) is 5.69 Å². The number of aromatic nitrogens is 1. The Morgan fingerprint density at radius 1 is 1.38 bits per heavy atom. The van der Waals surface area contributed by atoms with Gasteiger partial charge in [0.05, 0.1) is 11.2 Å². The predicted octanol–water partition coefficient (Wildman–Crippen LogP) is 3.23. The van der Waals surface area contributed by atoms with Crippen molar-refractivity contribution in [3.63, 3.8) is 0 Å². The summed E-state index contributed by atoms with van der Waals surface area (Å²) in [6, 6.07) is 4.69. The summed E-state index contributed by atoms with van der Waals surface area (Å²) >= 11 is 7.21. The van der Waals surface area contributed by atoms with Crippen LogP contribution in [0.2, 0.25) is 5.02 Å². The standard InChI is InChI=1S/C11H10ClFN2S/c12-9-2-1-8(11(13)3-9)4-14-5-10-6-16-7-15-10/h1-3,6-7,14H,4-5H2. The Hall–Kier alpha value is -0.970. The van der Waals surface area contributed by atoms with Crippen molar-refractivity contribution in [3.05, 3.63) is 51.2 Å². The molecule has 16 heavy (non-hydrogen) atoms. The van der Waals surface area contributed by atoms with E-state index in [1.807, 2.05) is 5.38 Å². The van der Waals surface area contributed by atoms with E-state index in [-0.39, 0.29) is 5.82 Å². The fourth-order valence-corrected chi connectivity index (χ4v) is 2.03. The summed E-state index contributed by atoms with van der Waals surface area (Å²) in [4.78, 5) is 4.13. The maximum absolute atomic E-state index is 13.4. The minimum absolute atomic E-state index is 0.279. The molecule has 0 saturated carbocycles. The lowest BCUT2D eigenvalue weighted by Gasteiger charge is -2.04. The van der Waals surface area contributed by atoms with Crippen LogP contribution in [0.25, 0.3) is 0 Å². The number of halogens is 2. The zero-order valence-electron chi connectivity index (χ0n) is 8.41. The second-order valence-corrected chi connectivity index (χ2v) is 4.47. The van der Waals surface area contributed by atoms with E-state index in [9.17, 15) is 4.39 Å². The van der Waals surface area contributed by atoms with Crippen molar-refractivity contribution >= 4 is 22.9 Å². The first kappa shape index (κ1) is 11.5. The summed E-state index contributed by atoms with van der Waals surface area (Å²) in [5.41, 5.74) is 3.36. The van der Waals surface area contributed by atoms with E-state index >= 15 is 0 Å². The first-order chi connectivity index (χ1) is 7.75. The number of rotatable bonds is 4. The van der Waals surface area contributed by atoms with Gasteiger partial charge in [-0.25, -0.2) is 9.37 Å². The molecule has 1 aromatic carbocycles. The summed E-state index contributed by atoms with van der Waals surface area (Å²) in [6.45, 7) is 1.12. The van der Waals surface area contributed by atoms with Crippen LogP contribution in [0, 0.1) is 5.82 Å². The molecular formula is C11H10ClFN2S. The van der Waals surface area contributed by atoms with Gasteiger partial charge < -0.3 is 5.32 Å². The Balaban J connectivity index is 1.90. The largest absolute Gasteiger partial charge is 0.307 e. The first-order valence-electron chi connectivity index (χ1n) is 4.77. The van der Waals surface area contributed by atoms with Gasteiger partial charge in [0, 0.05) is 29.1 Å². The Morgan fingerprint density at radius 2 is 2.25 bits per heavy atom. The molecule has 1 heterocycles. The number of hydrogen-bond acceptors (Lipinski definition) is 3. The fraction of sp³-hybridized carbons (Fsp3) is 0.182. The molecule has 2 aromatic rings. The van der Waals surface area contributed by atoms with E-state index < -0.39 is 0 Å². The molecule has 1 N–H and O–H groups in total. The summed E-state index contributed by atoms with van der Waals surface area (Å²) in [7, 11) is 0. The zero-order valence-corrected chi connectivity index (χ0v) is 9.98. The minimum atomic E-state index is -0.279. The Morgan fingerprint density at radius 3 is 2.94 bits per heavy atom. The lowest BCUT2D eigenvalue weighted by atomic mass is 10.2. The molecule has 0 saturated heterocycles. The third kappa shape index (κ3) is 3.01. The van der Waals surface area contributed by atoms with Crippen molar-refractivity contribution in [3.8, 4) is 0 Å². The van der Waals surface area contributed by atoms with Crippen LogP contribution in [0.3, 0.4) is 0 Å². The van der Waals surface area contributed by atoms with Crippen LogP contribution in [0.1, 0.15) is 11.3 Å². The van der Waals surface area contributed by atoms with Crippen LogP contribution < -0.4 is 5.32 Å². The van der Waals surface area contributed by atoms with Gasteiger partial charge in [0.2, 0.25) is 0 Å². The van der Waals surface area contributed by atoms with E-state index in [1.54, 1.807) is 29.0 Å². The molecule has 0 bridgehead atoms. The van der Waals surface area contributed by atoms with Gasteiger partial charge in [0.1, 0.15) is 5.82 Å². The van der Waals surface area contributed by atoms with Crippen LogP contribution in [0.15, 0.2) is 29.1 Å². The molecule has 0 aliphatic carbocycles. The second kappa shape index (κ2) is 5.39. The second-order valence-electron chi connectivity index (χ2n) is 3.32. The molecule has 0 aliphatic heterocycles. The number of nitrogens with one attached hydrogen (secondary N) is 1. The fourth-order valence-electron chi connectivity index (χ4n) is 1.32. The molecular weight excluding hydrogens is 247 g/mol. The highest BCUT2D eigenvalue weighted by Crippen LogP contribution is 2.14. The SMILES string of the molecule is Fc1cc(Cl)ccc1CNCc1cscn1. The monoisotopic (exact) mass is 256 g/mol. The van der Waals surface area contributed by atoms with Gasteiger partial charge in [0.25, 0.3) is 0 Å². The smallest absolute Gasteiger partial charge is 0.129 e. The highest BCUT2D eigenvalue weighted by Gasteiger charge is 2.02. The average molecular weight is 257 g/mol. The molecule has 0 amide bonds. The van der Waals surface area contributed by atoms with Crippen LogP contribution in [-0.4, -0.2) is 4.98 Å². The van der Waals surface area contributed by atoms with Crippen molar-refractivity contribution in [1.82, 2.24) is 10.3 Å². The highest BCUT2D eigenvalue weighted by molar-refractivity contribution is 7.07. The van der Waals surface area contributed by atoms with Gasteiger partial charge in [0.15, 0.2) is 0 Å². The predicted molar refractivity (Wildman–Crippen MR) is 64.1 cm³/mol. The van der Waals surface area contributed by atoms with Crippen LogP contribution >= 0.6 is 22.9 Å². The third-order valence-corrected chi connectivity index (χ3v) is 2.99. The number of hydrogen-bond donors (Lipinski definition) is 1. The summed E-state index contributed by atoms with van der Waals surface area (Å²) in [5.74, 6) is -0.279.